The Labute approximate surface area is 167 Å². The summed E-state index contributed by atoms with van der Waals surface area (Å²) in [5.41, 5.74) is 4.57. The van der Waals surface area contributed by atoms with Crippen molar-refractivity contribution in [3.05, 3.63) is 65.7 Å². The maximum absolute atomic E-state index is 12.1. The Kier molecular flexibility index (Phi) is 5.12. The van der Waals surface area contributed by atoms with Crippen LogP contribution in [0.15, 0.2) is 54.6 Å². The first kappa shape index (κ1) is 18.6. The number of nitrogens with one attached hydrogen (secondary N) is 2. The molecule has 4 heteroatoms. The molecule has 1 heterocycles. The fourth-order valence-corrected chi connectivity index (χ4v) is 4.23. The SMILES string of the molecule is CCOc1ccc(C2Nc3ccc(NC(=O)C(C)C)cc3C3C=CCC32)cc1. The number of carbonyl (C=O) groups excluding carboxylic acids is 1. The van der Waals surface area contributed by atoms with Crippen molar-refractivity contribution in [1.29, 1.82) is 0 Å². The van der Waals surface area contributed by atoms with E-state index in [1.54, 1.807) is 0 Å². The Morgan fingerprint density at radius 1 is 1.21 bits per heavy atom. The van der Waals surface area contributed by atoms with Crippen molar-refractivity contribution in [3.63, 3.8) is 0 Å². The Balaban J connectivity index is 1.61. The normalized spacial score (nSPS) is 22.4. The number of hydrogen-bond donors (Lipinski definition) is 2. The van der Waals surface area contributed by atoms with E-state index in [-0.39, 0.29) is 17.9 Å². The molecule has 0 radical (unpaired) electrons. The lowest BCUT2D eigenvalue weighted by atomic mass is 9.77. The fourth-order valence-electron chi connectivity index (χ4n) is 4.23. The predicted octanol–water partition coefficient (Wildman–Crippen LogP) is 5.51. The molecular formula is C24H28N2O2. The molecule has 0 fully saturated rings. The quantitative estimate of drug-likeness (QED) is 0.677. The molecule has 0 aromatic heterocycles. The molecule has 4 rings (SSSR count). The molecule has 28 heavy (non-hydrogen) atoms. The van der Waals surface area contributed by atoms with Gasteiger partial charge >= 0.3 is 0 Å². The van der Waals surface area contributed by atoms with Gasteiger partial charge in [0.25, 0.3) is 0 Å². The standard InChI is InChI=1S/C24H28N2O2/c1-4-28-18-11-8-16(9-12-18)23-20-7-5-6-19(20)21-14-17(10-13-22(21)26-23)25-24(27)15(2)3/h5-6,8-15,19-20,23,26H,4,7H2,1-3H3,(H,25,27). The number of carbonyl (C=O) groups is 1. The Morgan fingerprint density at radius 2 is 2.00 bits per heavy atom. The Bertz CT molecular complexity index is 886. The van der Waals surface area contributed by atoms with Crippen LogP contribution in [0, 0.1) is 11.8 Å². The summed E-state index contributed by atoms with van der Waals surface area (Å²) in [5.74, 6) is 1.77. The lowest BCUT2D eigenvalue weighted by molar-refractivity contribution is -0.118. The highest BCUT2D eigenvalue weighted by Crippen LogP contribution is 2.50. The summed E-state index contributed by atoms with van der Waals surface area (Å²) in [7, 11) is 0. The number of amides is 1. The van der Waals surface area contributed by atoms with E-state index < -0.39 is 0 Å². The molecule has 0 saturated heterocycles. The maximum atomic E-state index is 12.1. The number of hydrogen-bond acceptors (Lipinski definition) is 3. The average Bonchev–Trinajstić information content (AvgIpc) is 3.18. The molecule has 2 aliphatic rings. The highest BCUT2D eigenvalue weighted by molar-refractivity contribution is 5.92. The van der Waals surface area contributed by atoms with E-state index in [1.165, 1.54) is 11.1 Å². The molecule has 1 aliphatic carbocycles. The van der Waals surface area contributed by atoms with Gasteiger partial charge in [0.2, 0.25) is 5.91 Å². The van der Waals surface area contributed by atoms with Crippen molar-refractivity contribution >= 4 is 17.3 Å². The van der Waals surface area contributed by atoms with E-state index in [1.807, 2.05) is 26.8 Å². The molecule has 0 saturated carbocycles. The molecule has 2 N–H and O–H groups in total. The van der Waals surface area contributed by atoms with Gasteiger partial charge in [-0.2, -0.15) is 0 Å². The minimum Gasteiger partial charge on any atom is -0.494 e. The Hall–Kier alpha value is -2.75. The molecular weight excluding hydrogens is 348 g/mol. The van der Waals surface area contributed by atoms with E-state index in [0.717, 1.165) is 23.5 Å². The van der Waals surface area contributed by atoms with Gasteiger partial charge in [-0.1, -0.05) is 38.1 Å². The number of ether oxygens (including phenoxy) is 1. The van der Waals surface area contributed by atoms with Crippen LogP contribution in [0.25, 0.3) is 0 Å². The number of anilines is 2. The van der Waals surface area contributed by atoms with Crippen molar-refractivity contribution in [2.75, 3.05) is 17.2 Å². The molecule has 0 spiro atoms. The zero-order valence-corrected chi connectivity index (χ0v) is 16.7. The summed E-state index contributed by atoms with van der Waals surface area (Å²) in [6, 6.07) is 14.9. The second kappa shape index (κ2) is 7.70. The number of benzene rings is 2. The van der Waals surface area contributed by atoms with Gasteiger partial charge in [-0.3, -0.25) is 4.79 Å². The third-order valence-electron chi connectivity index (χ3n) is 5.70. The minimum atomic E-state index is -0.0303. The van der Waals surface area contributed by atoms with Crippen LogP contribution < -0.4 is 15.4 Å². The van der Waals surface area contributed by atoms with E-state index in [0.29, 0.717) is 18.4 Å². The van der Waals surface area contributed by atoms with Crippen LogP contribution in [0.1, 0.15) is 50.3 Å². The summed E-state index contributed by atoms with van der Waals surface area (Å²) < 4.78 is 5.59. The molecule has 3 atom stereocenters. The maximum Gasteiger partial charge on any atom is 0.226 e. The van der Waals surface area contributed by atoms with Gasteiger partial charge in [0.15, 0.2) is 0 Å². The predicted molar refractivity (Wildman–Crippen MR) is 114 cm³/mol. The van der Waals surface area contributed by atoms with E-state index in [2.05, 4.69) is 59.2 Å². The van der Waals surface area contributed by atoms with Crippen molar-refractivity contribution in [1.82, 2.24) is 0 Å². The zero-order valence-electron chi connectivity index (χ0n) is 16.7. The number of allylic oxidation sites excluding steroid dienone is 2. The smallest absolute Gasteiger partial charge is 0.226 e. The van der Waals surface area contributed by atoms with E-state index in [9.17, 15) is 4.79 Å². The van der Waals surface area contributed by atoms with Crippen molar-refractivity contribution in [3.8, 4) is 5.75 Å². The van der Waals surface area contributed by atoms with Gasteiger partial charge in [0, 0.05) is 23.2 Å². The van der Waals surface area contributed by atoms with E-state index >= 15 is 0 Å². The van der Waals surface area contributed by atoms with Crippen LogP contribution >= 0.6 is 0 Å². The van der Waals surface area contributed by atoms with Crippen LogP contribution in [-0.4, -0.2) is 12.5 Å². The summed E-state index contributed by atoms with van der Waals surface area (Å²) in [4.78, 5) is 12.1. The monoisotopic (exact) mass is 376 g/mol. The lowest BCUT2D eigenvalue weighted by Crippen LogP contribution is -2.29. The van der Waals surface area contributed by atoms with Crippen LogP contribution in [0.2, 0.25) is 0 Å². The van der Waals surface area contributed by atoms with Gasteiger partial charge in [0.05, 0.1) is 12.6 Å². The molecule has 3 unspecified atom stereocenters. The summed E-state index contributed by atoms with van der Waals surface area (Å²) in [5, 5.41) is 6.77. The van der Waals surface area contributed by atoms with Gasteiger partial charge in [-0.15, -0.1) is 0 Å². The van der Waals surface area contributed by atoms with Gasteiger partial charge in [0.1, 0.15) is 5.75 Å². The number of fused-ring (bicyclic) bond motifs is 3. The highest BCUT2D eigenvalue weighted by Gasteiger charge is 2.38. The lowest BCUT2D eigenvalue weighted by Gasteiger charge is -2.37. The molecule has 146 valence electrons. The van der Waals surface area contributed by atoms with Crippen molar-refractivity contribution in [2.45, 2.75) is 39.2 Å². The molecule has 4 nitrogen and oxygen atoms in total. The third-order valence-corrected chi connectivity index (χ3v) is 5.70. The molecule has 2 aromatic carbocycles. The van der Waals surface area contributed by atoms with Crippen LogP contribution in [0.4, 0.5) is 11.4 Å². The van der Waals surface area contributed by atoms with Gasteiger partial charge in [-0.25, -0.2) is 0 Å². The summed E-state index contributed by atoms with van der Waals surface area (Å²) in [6.45, 7) is 6.50. The molecule has 0 bridgehead atoms. The van der Waals surface area contributed by atoms with Crippen molar-refractivity contribution < 1.29 is 9.53 Å². The first-order valence-electron chi connectivity index (χ1n) is 10.2. The number of rotatable bonds is 5. The zero-order chi connectivity index (χ0) is 19.7. The molecule has 2 aromatic rings. The van der Waals surface area contributed by atoms with Crippen molar-refractivity contribution in [2.24, 2.45) is 11.8 Å². The second-order valence-electron chi connectivity index (χ2n) is 7.92. The molecule has 1 aliphatic heterocycles. The molecule has 1 amide bonds. The van der Waals surface area contributed by atoms with Crippen LogP contribution in [0.5, 0.6) is 5.75 Å². The summed E-state index contributed by atoms with van der Waals surface area (Å²) in [6.07, 6.45) is 5.66. The third kappa shape index (κ3) is 3.51. The fraction of sp³-hybridized carbons (Fsp3) is 0.375. The van der Waals surface area contributed by atoms with Gasteiger partial charge < -0.3 is 15.4 Å². The second-order valence-corrected chi connectivity index (χ2v) is 7.92. The topological polar surface area (TPSA) is 50.4 Å². The van der Waals surface area contributed by atoms with Gasteiger partial charge in [-0.05, 0) is 60.7 Å². The average molecular weight is 377 g/mol. The van der Waals surface area contributed by atoms with Crippen LogP contribution in [0.3, 0.4) is 0 Å². The highest BCUT2D eigenvalue weighted by atomic mass is 16.5. The largest absolute Gasteiger partial charge is 0.494 e. The first-order valence-corrected chi connectivity index (χ1v) is 10.2. The van der Waals surface area contributed by atoms with E-state index in [4.69, 9.17) is 4.74 Å². The first-order chi connectivity index (χ1) is 13.6. The summed E-state index contributed by atoms with van der Waals surface area (Å²) >= 11 is 0. The Morgan fingerprint density at radius 3 is 2.71 bits per heavy atom. The minimum absolute atomic E-state index is 0.0303. The van der Waals surface area contributed by atoms with Crippen LogP contribution in [-0.2, 0) is 4.79 Å².